The molecule has 1 heterocycles. The van der Waals surface area contributed by atoms with Gasteiger partial charge < -0.3 is 5.32 Å². The quantitative estimate of drug-likeness (QED) is 0.873. The minimum absolute atomic E-state index is 0.0749. The lowest BCUT2D eigenvalue weighted by atomic mass is 9.85. The molecule has 3 unspecified atom stereocenters. The third-order valence-corrected chi connectivity index (χ3v) is 4.83. The lowest BCUT2D eigenvalue weighted by molar-refractivity contribution is -0.118. The van der Waals surface area contributed by atoms with E-state index >= 15 is 0 Å². The summed E-state index contributed by atoms with van der Waals surface area (Å²) in [6.45, 7) is 2.28. The number of benzene rings is 1. The van der Waals surface area contributed by atoms with Crippen LogP contribution in [0.5, 0.6) is 0 Å². The summed E-state index contributed by atoms with van der Waals surface area (Å²) in [7, 11) is 0. The summed E-state index contributed by atoms with van der Waals surface area (Å²) >= 11 is 3.48. The molecule has 19 heavy (non-hydrogen) atoms. The Kier molecular flexibility index (Phi) is 3.63. The average molecular weight is 323 g/mol. The van der Waals surface area contributed by atoms with Crippen molar-refractivity contribution in [3.63, 3.8) is 0 Å². The molecule has 102 valence electrons. The number of halogens is 1. The SMILES string of the molecule is CC1CCCCC1NC1C(=O)Nc2ccc(Br)cc21. The maximum Gasteiger partial charge on any atom is 0.246 e. The molecule has 1 fully saturated rings. The summed E-state index contributed by atoms with van der Waals surface area (Å²) in [4.78, 5) is 12.1. The molecule has 0 radical (unpaired) electrons. The van der Waals surface area contributed by atoms with E-state index in [9.17, 15) is 4.79 Å². The van der Waals surface area contributed by atoms with Crippen LogP contribution in [0, 0.1) is 5.92 Å². The third-order valence-electron chi connectivity index (χ3n) is 4.34. The van der Waals surface area contributed by atoms with Crippen LogP contribution in [0.25, 0.3) is 0 Å². The molecule has 0 saturated heterocycles. The van der Waals surface area contributed by atoms with E-state index in [1.807, 2.05) is 18.2 Å². The van der Waals surface area contributed by atoms with Crippen LogP contribution in [-0.4, -0.2) is 11.9 Å². The molecule has 3 atom stereocenters. The van der Waals surface area contributed by atoms with E-state index in [0.717, 1.165) is 15.7 Å². The van der Waals surface area contributed by atoms with E-state index < -0.39 is 0 Å². The van der Waals surface area contributed by atoms with Gasteiger partial charge in [0.15, 0.2) is 0 Å². The average Bonchev–Trinajstić information content (AvgIpc) is 2.69. The molecule has 1 aromatic carbocycles. The third kappa shape index (κ3) is 2.56. The molecule has 4 heteroatoms. The van der Waals surface area contributed by atoms with Crippen molar-refractivity contribution >= 4 is 27.5 Å². The lowest BCUT2D eigenvalue weighted by Gasteiger charge is -2.31. The summed E-state index contributed by atoms with van der Waals surface area (Å²) < 4.78 is 1.02. The second-order valence-corrected chi connectivity index (χ2v) is 6.60. The summed E-state index contributed by atoms with van der Waals surface area (Å²) in [5.41, 5.74) is 2.01. The molecule has 0 aromatic heterocycles. The van der Waals surface area contributed by atoms with E-state index in [4.69, 9.17) is 0 Å². The number of rotatable bonds is 2. The second-order valence-electron chi connectivity index (χ2n) is 5.69. The zero-order valence-corrected chi connectivity index (χ0v) is 12.7. The van der Waals surface area contributed by atoms with Crippen LogP contribution in [0.15, 0.2) is 22.7 Å². The van der Waals surface area contributed by atoms with Gasteiger partial charge >= 0.3 is 0 Å². The Balaban J connectivity index is 1.81. The molecule has 0 bridgehead atoms. The first kappa shape index (κ1) is 13.1. The zero-order valence-electron chi connectivity index (χ0n) is 11.1. The molecule has 1 aliphatic heterocycles. The van der Waals surface area contributed by atoms with Crippen LogP contribution < -0.4 is 10.6 Å². The fourth-order valence-corrected chi connectivity index (χ4v) is 3.55. The summed E-state index contributed by atoms with van der Waals surface area (Å²) in [5, 5.41) is 6.52. The van der Waals surface area contributed by atoms with Gasteiger partial charge in [-0.15, -0.1) is 0 Å². The minimum atomic E-state index is -0.196. The Hall–Kier alpha value is -0.870. The van der Waals surface area contributed by atoms with Gasteiger partial charge in [0.1, 0.15) is 6.04 Å². The van der Waals surface area contributed by atoms with Gasteiger partial charge in [-0.25, -0.2) is 0 Å². The topological polar surface area (TPSA) is 41.1 Å². The summed E-state index contributed by atoms with van der Waals surface area (Å²) in [5.74, 6) is 0.726. The standard InChI is InChI=1S/C15H19BrN2O/c1-9-4-2-3-5-12(9)17-14-11-8-10(16)6-7-13(11)18-15(14)19/h6-9,12,14,17H,2-5H2,1H3,(H,18,19). The fraction of sp³-hybridized carbons (Fsp3) is 0.533. The van der Waals surface area contributed by atoms with Crippen LogP contribution in [0.4, 0.5) is 5.69 Å². The fourth-order valence-electron chi connectivity index (χ4n) is 3.18. The van der Waals surface area contributed by atoms with Crippen molar-refractivity contribution < 1.29 is 4.79 Å². The summed E-state index contributed by atoms with van der Waals surface area (Å²) in [6, 6.07) is 6.22. The highest BCUT2D eigenvalue weighted by molar-refractivity contribution is 9.10. The van der Waals surface area contributed by atoms with Crippen LogP contribution in [0.1, 0.15) is 44.2 Å². The van der Waals surface area contributed by atoms with Gasteiger partial charge in [-0.05, 0) is 37.0 Å². The molecule has 1 aliphatic carbocycles. The predicted molar refractivity (Wildman–Crippen MR) is 80.1 cm³/mol. The van der Waals surface area contributed by atoms with Crippen molar-refractivity contribution in [2.45, 2.75) is 44.7 Å². The molecule has 1 saturated carbocycles. The van der Waals surface area contributed by atoms with Gasteiger partial charge in [-0.3, -0.25) is 10.1 Å². The zero-order chi connectivity index (χ0) is 13.4. The summed E-state index contributed by atoms with van der Waals surface area (Å²) in [6.07, 6.45) is 5.02. The van der Waals surface area contributed by atoms with E-state index in [0.29, 0.717) is 12.0 Å². The molecular formula is C15H19BrN2O. The van der Waals surface area contributed by atoms with Crippen LogP contribution in [0.3, 0.4) is 0 Å². The van der Waals surface area contributed by atoms with E-state index in [-0.39, 0.29) is 11.9 Å². The molecule has 0 spiro atoms. The number of hydrogen-bond acceptors (Lipinski definition) is 2. The van der Waals surface area contributed by atoms with Crippen molar-refractivity contribution in [3.8, 4) is 0 Å². The first-order valence-electron chi connectivity index (χ1n) is 7.01. The number of hydrogen-bond donors (Lipinski definition) is 2. The smallest absolute Gasteiger partial charge is 0.246 e. The molecule has 2 N–H and O–H groups in total. The van der Waals surface area contributed by atoms with Crippen LogP contribution in [-0.2, 0) is 4.79 Å². The lowest BCUT2D eigenvalue weighted by Crippen LogP contribution is -2.41. The monoisotopic (exact) mass is 322 g/mol. The number of amides is 1. The van der Waals surface area contributed by atoms with Crippen molar-refractivity contribution in [2.24, 2.45) is 5.92 Å². The van der Waals surface area contributed by atoms with E-state index in [2.05, 4.69) is 33.5 Å². The largest absolute Gasteiger partial charge is 0.324 e. The highest BCUT2D eigenvalue weighted by Crippen LogP contribution is 2.35. The van der Waals surface area contributed by atoms with Crippen LogP contribution in [0.2, 0.25) is 0 Å². The Bertz CT molecular complexity index is 503. The second kappa shape index (κ2) is 5.25. The van der Waals surface area contributed by atoms with Crippen LogP contribution >= 0.6 is 15.9 Å². The molecule has 3 nitrogen and oxygen atoms in total. The predicted octanol–water partition coefficient (Wildman–Crippen LogP) is 3.61. The van der Waals surface area contributed by atoms with Crippen molar-refractivity contribution in [2.75, 3.05) is 5.32 Å². The molecular weight excluding hydrogens is 304 g/mol. The Morgan fingerprint density at radius 1 is 1.32 bits per heavy atom. The first-order chi connectivity index (χ1) is 9.15. The Morgan fingerprint density at radius 2 is 2.11 bits per heavy atom. The highest BCUT2D eigenvalue weighted by Gasteiger charge is 2.34. The molecule has 3 rings (SSSR count). The van der Waals surface area contributed by atoms with Crippen molar-refractivity contribution in [1.29, 1.82) is 0 Å². The first-order valence-corrected chi connectivity index (χ1v) is 7.81. The minimum Gasteiger partial charge on any atom is -0.324 e. The maximum atomic E-state index is 12.1. The van der Waals surface area contributed by atoms with E-state index in [1.54, 1.807) is 0 Å². The van der Waals surface area contributed by atoms with Gasteiger partial charge in [0.05, 0.1) is 0 Å². The van der Waals surface area contributed by atoms with Gasteiger partial charge in [0.25, 0.3) is 0 Å². The Morgan fingerprint density at radius 3 is 2.89 bits per heavy atom. The maximum absolute atomic E-state index is 12.1. The van der Waals surface area contributed by atoms with Gasteiger partial charge in [0.2, 0.25) is 5.91 Å². The normalized spacial score (nSPS) is 30.0. The van der Waals surface area contributed by atoms with E-state index in [1.165, 1.54) is 25.7 Å². The molecule has 2 aliphatic rings. The van der Waals surface area contributed by atoms with Crippen molar-refractivity contribution in [3.05, 3.63) is 28.2 Å². The van der Waals surface area contributed by atoms with Gasteiger partial charge in [-0.1, -0.05) is 35.7 Å². The number of anilines is 1. The Labute approximate surface area is 122 Å². The molecule has 1 aromatic rings. The number of fused-ring (bicyclic) bond motifs is 1. The number of nitrogens with one attached hydrogen (secondary N) is 2. The van der Waals surface area contributed by atoms with Gasteiger partial charge in [0, 0.05) is 21.8 Å². The number of carbonyl (C=O) groups is 1. The molecule has 1 amide bonds. The highest BCUT2D eigenvalue weighted by atomic mass is 79.9. The van der Waals surface area contributed by atoms with Gasteiger partial charge in [-0.2, -0.15) is 0 Å². The number of carbonyl (C=O) groups excluding carboxylic acids is 1. The van der Waals surface area contributed by atoms with Crippen molar-refractivity contribution in [1.82, 2.24) is 5.32 Å².